The number of amides is 1. The van der Waals surface area contributed by atoms with Crippen molar-refractivity contribution >= 4 is 18.3 Å². The number of carbonyl (C=O) groups excluding carboxylic acids is 1. The number of carbonyl (C=O) groups is 1. The van der Waals surface area contributed by atoms with Crippen molar-refractivity contribution in [3.63, 3.8) is 0 Å². The van der Waals surface area contributed by atoms with Gasteiger partial charge in [0.15, 0.2) is 0 Å². The van der Waals surface area contributed by atoms with Crippen molar-refractivity contribution in [3.05, 3.63) is 0 Å². The van der Waals surface area contributed by atoms with Gasteiger partial charge in [-0.2, -0.15) is 0 Å². The summed E-state index contributed by atoms with van der Waals surface area (Å²) in [6.45, 7) is 8.16. The molecule has 92 valence electrons. The van der Waals surface area contributed by atoms with E-state index >= 15 is 0 Å². The number of hydrogen-bond acceptors (Lipinski definition) is 2. The predicted molar refractivity (Wildman–Crippen MR) is 67.2 cm³/mol. The molecule has 0 aliphatic carbocycles. The molecule has 0 heterocycles. The number of nitrogens with one attached hydrogen (secondary N) is 1. The highest BCUT2D eigenvalue weighted by atomic mass is 35.5. The summed E-state index contributed by atoms with van der Waals surface area (Å²) < 4.78 is 0. The summed E-state index contributed by atoms with van der Waals surface area (Å²) >= 11 is 0. The van der Waals surface area contributed by atoms with Crippen LogP contribution >= 0.6 is 12.4 Å². The van der Waals surface area contributed by atoms with E-state index in [0.717, 1.165) is 18.8 Å². The topological polar surface area (TPSA) is 55.1 Å². The van der Waals surface area contributed by atoms with E-state index in [9.17, 15) is 4.79 Å². The SMILES string of the molecule is CC(C)CCCC(C)NC(=O)C(C)N.Cl. The molecule has 0 bridgehead atoms. The summed E-state index contributed by atoms with van der Waals surface area (Å²) in [7, 11) is 0. The van der Waals surface area contributed by atoms with E-state index in [1.807, 2.05) is 6.92 Å². The molecule has 2 atom stereocenters. The Balaban J connectivity index is 0. The summed E-state index contributed by atoms with van der Waals surface area (Å²) in [4.78, 5) is 11.2. The van der Waals surface area contributed by atoms with Gasteiger partial charge in [-0.25, -0.2) is 0 Å². The molecule has 0 saturated heterocycles. The van der Waals surface area contributed by atoms with E-state index in [2.05, 4.69) is 19.2 Å². The second kappa shape index (κ2) is 8.98. The summed E-state index contributed by atoms with van der Waals surface area (Å²) in [5.74, 6) is 0.688. The third-order valence-corrected chi connectivity index (χ3v) is 2.22. The molecule has 0 aliphatic rings. The van der Waals surface area contributed by atoms with Crippen molar-refractivity contribution in [1.82, 2.24) is 5.32 Å². The number of rotatable bonds is 6. The first-order valence-electron chi connectivity index (χ1n) is 5.49. The van der Waals surface area contributed by atoms with Crippen LogP contribution in [0.15, 0.2) is 0 Å². The van der Waals surface area contributed by atoms with Gasteiger partial charge in [-0.15, -0.1) is 12.4 Å². The highest BCUT2D eigenvalue weighted by Gasteiger charge is 2.10. The van der Waals surface area contributed by atoms with Gasteiger partial charge in [-0.3, -0.25) is 4.79 Å². The zero-order chi connectivity index (χ0) is 11.1. The zero-order valence-electron chi connectivity index (χ0n) is 10.2. The van der Waals surface area contributed by atoms with Gasteiger partial charge in [0.1, 0.15) is 0 Å². The predicted octanol–water partition coefficient (Wildman–Crippen LogP) is 2.09. The molecule has 0 fully saturated rings. The molecule has 0 radical (unpaired) electrons. The van der Waals surface area contributed by atoms with Gasteiger partial charge in [-0.05, 0) is 26.2 Å². The van der Waals surface area contributed by atoms with E-state index in [-0.39, 0.29) is 24.4 Å². The fourth-order valence-electron chi connectivity index (χ4n) is 1.28. The lowest BCUT2D eigenvalue weighted by molar-refractivity contribution is -0.122. The maximum absolute atomic E-state index is 11.2. The Bertz CT molecular complexity index is 172. The van der Waals surface area contributed by atoms with Crippen LogP contribution in [0.1, 0.15) is 47.0 Å². The van der Waals surface area contributed by atoms with E-state index in [1.54, 1.807) is 6.92 Å². The number of halogens is 1. The van der Waals surface area contributed by atoms with E-state index < -0.39 is 6.04 Å². The second-order valence-electron chi connectivity index (χ2n) is 4.52. The highest BCUT2D eigenvalue weighted by molar-refractivity contribution is 5.85. The largest absolute Gasteiger partial charge is 0.352 e. The van der Waals surface area contributed by atoms with Crippen molar-refractivity contribution in [2.75, 3.05) is 0 Å². The molecule has 3 nitrogen and oxygen atoms in total. The Morgan fingerprint density at radius 3 is 2.13 bits per heavy atom. The number of nitrogens with two attached hydrogens (primary N) is 1. The van der Waals surface area contributed by atoms with Crippen LogP contribution in [0.3, 0.4) is 0 Å². The lowest BCUT2D eigenvalue weighted by Crippen LogP contribution is -2.42. The third kappa shape index (κ3) is 10.0. The van der Waals surface area contributed by atoms with Crippen LogP contribution in [0.25, 0.3) is 0 Å². The van der Waals surface area contributed by atoms with Crippen LogP contribution in [0.5, 0.6) is 0 Å². The Hall–Kier alpha value is -0.280. The molecule has 0 spiro atoms. The van der Waals surface area contributed by atoms with Crippen LogP contribution in [-0.2, 0) is 4.79 Å². The fourth-order valence-corrected chi connectivity index (χ4v) is 1.28. The van der Waals surface area contributed by atoms with Gasteiger partial charge < -0.3 is 11.1 Å². The van der Waals surface area contributed by atoms with Crippen LogP contribution in [-0.4, -0.2) is 18.0 Å². The maximum Gasteiger partial charge on any atom is 0.236 e. The molecular formula is C11H25ClN2O. The van der Waals surface area contributed by atoms with Crippen LogP contribution in [0.4, 0.5) is 0 Å². The van der Waals surface area contributed by atoms with Crippen molar-refractivity contribution in [3.8, 4) is 0 Å². The zero-order valence-corrected chi connectivity index (χ0v) is 11.1. The minimum Gasteiger partial charge on any atom is -0.352 e. The minimum absolute atomic E-state index is 0. The van der Waals surface area contributed by atoms with Gasteiger partial charge in [0.2, 0.25) is 5.91 Å². The van der Waals surface area contributed by atoms with Gasteiger partial charge in [0.25, 0.3) is 0 Å². The Labute approximate surface area is 99.6 Å². The summed E-state index contributed by atoms with van der Waals surface area (Å²) in [5.41, 5.74) is 5.45. The molecule has 0 saturated carbocycles. The van der Waals surface area contributed by atoms with E-state index in [4.69, 9.17) is 5.73 Å². The van der Waals surface area contributed by atoms with Crippen molar-refractivity contribution < 1.29 is 4.79 Å². The first-order chi connectivity index (χ1) is 6.43. The molecule has 0 rings (SSSR count). The minimum atomic E-state index is -0.400. The van der Waals surface area contributed by atoms with E-state index in [0.29, 0.717) is 0 Å². The fraction of sp³-hybridized carbons (Fsp3) is 0.909. The molecule has 4 heteroatoms. The average molecular weight is 237 g/mol. The molecular weight excluding hydrogens is 212 g/mol. The van der Waals surface area contributed by atoms with Crippen LogP contribution in [0, 0.1) is 5.92 Å². The molecule has 0 aromatic heterocycles. The Morgan fingerprint density at radius 1 is 1.20 bits per heavy atom. The molecule has 0 aromatic carbocycles. The lowest BCUT2D eigenvalue weighted by Gasteiger charge is -2.15. The van der Waals surface area contributed by atoms with Crippen LogP contribution in [0.2, 0.25) is 0 Å². The van der Waals surface area contributed by atoms with Crippen LogP contribution < -0.4 is 11.1 Å². The molecule has 3 N–H and O–H groups in total. The first-order valence-corrected chi connectivity index (χ1v) is 5.49. The monoisotopic (exact) mass is 236 g/mol. The molecule has 1 amide bonds. The van der Waals surface area contributed by atoms with Gasteiger partial charge in [-0.1, -0.05) is 26.7 Å². The average Bonchev–Trinajstić information content (AvgIpc) is 2.02. The standard InChI is InChI=1S/C11H24N2O.ClH/c1-8(2)6-5-7-9(3)13-11(14)10(4)12;/h8-10H,5-7,12H2,1-4H3,(H,13,14);1H. The Morgan fingerprint density at radius 2 is 1.73 bits per heavy atom. The Kier molecular flexibility index (Phi) is 10.3. The lowest BCUT2D eigenvalue weighted by atomic mass is 10.0. The van der Waals surface area contributed by atoms with Crippen molar-refractivity contribution in [2.45, 2.75) is 59.0 Å². The van der Waals surface area contributed by atoms with Gasteiger partial charge in [0.05, 0.1) is 6.04 Å². The van der Waals surface area contributed by atoms with E-state index in [1.165, 1.54) is 6.42 Å². The summed E-state index contributed by atoms with van der Waals surface area (Å²) in [6, 6.07) is -0.158. The van der Waals surface area contributed by atoms with Gasteiger partial charge >= 0.3 is 0 Å². The van der Waals surface area contributed by atoms with Crippen molar-refractivity contribution in [2.24, 2.45) is 11.7 Å². The first kappa shape index (κ1) is 17.1. The second-order valence-corrected chi connectivity index (χ2v) is 4.52. The summed E-state index contributed by atoms with van der Waals surface area (Å²) in [6.07, 6.45) is 3.42. The van der Waals surface area contributed by atoms with Crippen molar-refractivity contribution in [1.29, 1.82) is 0 Å². The molecule has 15 heavy (non-hydrogen) atoms. The highest BCUT2D eigenvalue weighted by Crippen LogP contribution is 2.08. The van der Waals surface area contributed by atoms with Gasteiger partial charge in [0, 0.05) is 6.04 Å². The normalized spacial score (nSPS) is 14.3. The molecule has 0 aliphatic heterocycles. The maximum atomic E-state index is 11.2. The third-order valence-electron chi connectivity index (χ3n) is 2.22. The molecule has 2 unspecified atom stereocenters. The molecule has 0 aromatic rings. The smallest absolute Gasteiger partial charge is 0.236 e. The quantitative estimate of drug-likeness (QED) is 0.742. The summed E-state index contributed by atoms with van der Waals surface area (Å²) in [5, 5.41) is 2.89. The number of hydrogen-bond donors (Lipinski definition) is 2.